The van der Waals surface area contributed by atoms with Crippen molar-refractivity contribution in [2.45, 2.75) is 0 Å². The van der Waals surface area contributed by atoms with Gasteiger partial charge in [-0.05, 0) is 46.3 Å². The Labute approximate surface area is 137 Å². The first-order chi connectivity index (χ1) is 11.7. The van der Waals surface area contributed by atoms with Crippen molar-refractivity contribution in [3.63, 3.8) is 0 Å². The summed E-state index contributed by atoms with van der Waals surface area (Å²) in [4.78, 5) is 12.3. The molecule has 2 aromatic carbocycles. The normalized spacial score (nSPS) is 10.9. The Morgan fingerprint density at radius 2 is 2.12 bits per heavy atom. The quantitative estimate of drug-likeness (QED) is 0.572. The molecule has 0 bridgehead atoms. The van der Waals surface area contributed by atoms with Gasteiger partial charge in [-0.3, -0.25) is 4.79 Å². The molecule has 0 spiro atoms. The molecule has 0 aliphatic carbocycles. The second kappa shape index (κ2) is 6.74. The summed E-state index contributed by atoms with van der Waals surface area (Å²) in [7, 11) is 1.48. The monoisotopic (exact) mass is 322 g/mol. The first-order valence-electron chi connectivity index (χ1n) is 7.10. The van der Waals surface area contributed by atoms with Crippen molar-refractivity contribution in [2.24, 2.45) is 0 Å². The molecule has 0 saturated carbocycles. The van der Waals surface area contributed by atoms with Gasteiger partial charge in [-0.15, -0.1) is 5.10 Å². The van der Waals surface area contributed by atoms with Gasteiger partial charge in [-0.1, -0.05) is 24.3 Å². The molecule has 0 radical (unpaired) electrons. The molecular weight excluding hydrogens is 308 g/mol. The maximum Gasteiger partial charge on any atom is 0.185 e. The topological polar surface area (TPSA) is 90.1 Å². The number of methoxy groups -OCH3 is 1. The summed E-state index contributed by atoms with van der Waals surface area (Å²) < 4.78 is 6.46. The van der Waals surface area contributed by atoms with Gasteiger partial charge in [0.05, 0.1) is 12.8 Å². The second-order valence-corrected chi connectivity index (χ2v) is 4.93. The largest absolute Gasteiger partial charge is 0.504 e. The van der Waals surface area contributed by atoms with E-state index in [0.717, 1.165) is 0 Å². The third-order valence-corrected chi connectivity index (χ3v) is 3.37. The van der Waals surface area contributed by atoms with Crippen LogP contribution in [0.4, 0.5) is 0 Å². The number of ether oxygens (including phenoxy) is 1. The molecule has 3 rings (SSSR count). The van der Waals surface area contributed by atoms with Crippen LogP contribution >= 0.6 is 0 Å². The van der Waals surface area contributed by atoms with E-state index >= 15 is 0 Å². The molecule has 0 unspecified atom stereocenters. The minimum absolute atomic E-state index is 0.0211. The number of aromatic nitrogens is 4. The van der Waals surface area contributed by atoms with Crippen LogP contribution in [-0.2, 0) is 0 Å². The Morgan fingerprint density at radius 3 is 2.83 bits per heavy atom. The summed E-state index contributed by atoms with van der Waals surface area (Å²) in [6.45, 7) is 0. The van der Waals surface area contributed by atoms with Gasteiger partial charge in [-0.2, -0.15) is 0 Å². The maximum absolute atomic E-state index is 12.3. The van der Waals surface area contributed by atoms with Crippen molar-refractivity contribution in [1.82, 2.24) is 20.2 Å². The molecule has 1 aromatic heterocycles. The molecule has 7 nitrogen and oxygen atoms in total. The second-order valence-electron chi connectivity index (χ2n) is 4.93. The van der Waals surface area contributed by atoms with Crippen LogP contribution in [-0.4, -0.2) is 38.2 Å². The molecule has 0 saturated heterocycles. The Bertz CT molecular complexity index is 889. The standard InChI is InChI=1S/C17H14N4O3/c1-24-17-8-6-12(9-16(17)23)5-7-15(22)13-3-2-4-14(10-13)21-11-18-19-20-21/h2-11,23H,1H3/b7-5+. The molecule has 24 heavy (non-hydrogen) atoms. The number of ketones is 1. The lowest BCUT2D eigenvalue weighted by Gasteiger charge is -2.03. The van der Waals surface area contributed by atoms with Gasteiger partial charge < -0.3 is 9.84 Å². The van der Waals surface area contributed by atoms with Crippen LogP contribution in [0.1, 0.15) is 15.9 Å². The lowest BCUT2D eigenvalue weighted by Crippen LogP contribution is -1.99. The third-order valence-electron chi connectivity index (χ3n) is 3.37. The fourth-order valence-electron chi connectivity index (χ4n) is 2.16. The van der Waals surface area contributed by atoms with Crippen LogP contribution < -0.4 is 4.74 Å². The van der Waals surface area contributed by atoms with Crippen LogP contribution in [0.3, 0.4) is 0 Å². The minimum Gasteiger partial charge on any atom is -0.504 e. The maximum atomic E-state index is 12.3. The van der Waals surface area contributed by atoms with E-state index in [9.17, 15) is 9.90 Å². The lowest BCUT2D eigenvalue weighted by atomic mass is 10.1. The van der Waals surface area contributed by atoms with Gasteiger partial charge in [0.2, 0.25) is 0 Å². The molecule has 3 aromatic rings. The summed E-state index contributed by atoms with van der Waals surface area (Å²) in [5.41, 5.74) is 1.90. The summed E-state index contributed by atoms with van der Waals surface area (Å²) in [6.07, 6.45) is 4.53. The predicted octanol–water partition coefficient (Wildman–Crippen LogP) is 2.27. The summed E-state index contributed by atoms with van der Waals surface area (Å²) in [5.74, 6) is 0.237. The summed E-state index contributed by atoms with van der Waals surface area (Å²) in [6, 6.07) is 11.9. The number of rotatable bonds is 5. The number of phenols is 1. The molecule has 120 valence electrons. The van der Waals surface area contributed by atoms with E-state index in [0.29, 0.717) is 22.6 Å². The molecular formula is C17H14N4O3. The van der Waals surface area contributed by atoms with Crippen molar-refractivity contribution < 1.29 is 14.6 Å². The zero-order valence-corrected chi connectivity index (χ0v) is 12.8. The SMILES string of the molecule is COc1ccc(/C=C/C(=O)c2cccc(-n3cnnn3)c2)cc1O. The molecule has 0 atom stereocenters. The first-order valence-corrected chi connectivity index (χ1v) is 7.10. The van der Waals surface area contributed by atoms with E-state index in [1.165, 1.54) is 30.3 Å². The average Bonchev–Trinajstić information content (AvgIpc) is 3.14. The van der Waals surface area contributed by atoms with Crippen molar-refractivity contribution in [1.29, 1.82) is 0 Å². The number of nitrogens with zero attached hydrogens (tertiary/aromatic N) is 4. The van der Waals surface area contributed by atoms with Gasteiger partial charge in [0.1, 0.15) is 6.33 Å². The predicted molar refractivity (Wildman–Crippen MR) is 87.2 cm³/mol. The van der Waals surface area contributed by atoms with Crippen LogP contribution in [0.2, 0.25) is 0 Å². The van der Waals surface area contributed by atoms with Gasteiger partial charge in [-0.25, -0.2) is 4.68 Å². The minimum atomic E-state index is -0.166. The Morgan fingerprint density at radius 1 is 1.25 bits per heavy atom. The summed E-state index contributed by atoms with van der Waals surface area (Å²) in [5, 5.41) is 20.7. The number of phenolic OH excluding ortho intramolecular Hbond substituents is 1. The molecule has 7 heteroatoms. The Kier molecular flexibility index (Phi) is 4.33. The lowest BCUT2D eigenvalue weighted by molar-refractivity contribution is 0.104. The van der Waals surface area contributed by atoms with Crippen molar-refractivity contribution in [2.75, 3.05) is 7.11 Å². The zero-order chi connectivity index (χ0) is 16.9. The van der Waals surface area contributed by atoms with E-state index in [-0.39, 0.29) is 11.5 Å². The van der Waals surface area contributed by atoms with Gasteiger partial charge >= 0.3 is 0 Å². The van der Waals surface area contributed by atoms with E-state index < -0.39 is 0 Å². The molecule has 0 aliphatic rings. The number of aromatic hydroxyl groups is 1. The summed E-state index contributed by atoms with van der Waals surface area (Å²) >= 11 is 0. The highest BCUT2D eigenvalue weighted by molar-refractivity contribution is 6.07. The van der Waals surface area contributed by atoms with Crippen molar-refractivity contribution in [3.8, 4) is 17.2 Å². The highest BCUT2D eigenvalue weighted by Crippen LogP contribution is 2.26. The fourth-order valence-corrected chi connectivity index (χ4v) is 2.16. The smallest absolute Gasteiger partial charge is 0.185 e. The Balaban J connectivity index is 1.80. The number of hydrogen-bond acceptors (Lipinski definition) is 6. The van der Waals surface area contributed by atoms with Gasteiger partial charge in [0.15, 0.2) is 17.3 Å². The average molecular weight is 322 g/mol. The van der Waals surface area contributed by atoms with Gasteiger partial charge in [0, 0.05) is 5.56 Å². The number of hydrogen-bond donors (Lipinski definition) is 1. The number of tetrazole rings is 1. The highest BCUT2D eigenvalue weighted by atomic mass is 16.5. The number of benzene rings is 2. The third kappa shape index (κ3) is 3.30. The van der Waals surface area contributed by atoms with Crippen molar-refractivity contribution in [3.05, 3.63) is 66.0 Å². The zero-order valence-electron chi connectivity index (χ0n) is 12.8. The van der Waals surface area contributed by atoms with Gasteiger partial charge in [0.25, 0.3) is 0 Å². The number of carbonyl (C=O) groups is 1. The van der Waals surface area contributed by atoms with Crippen LogP contribution in [0.15, 0.2) is 54.9 Å². The molecule has 0 aliphatic heterocycles. The highest BCUT2D eigenvalue weighted by Gasteiger charge is 2.06. The molecule has 1 N–H and O–H groups in total. The van der Waals surface area contributed by atoms with Crippen LogP contribution in [0.5, 0.6) is 11.5 Å². The number of allylic oxidation sites excluding steroid dienone is 1. The van der Waals surface area contributed by atoms with Crippen molar-refractivity contribution >= 4 is 11.9 Å². The Hall–Kier alpha value is -3.48. The first kappa shape index (κ1) is 15.4. The molecule has 0 amide bonds. The van der Waals surface area contributed by atoms with E-state index in [1.54, 1.807) is 42.5 Å². The fraction of sp³-hybridized carbons (Fsp3) is 0.0588. The van der Waals surface area contributed by atoms with E-state index in [2.05, 4.69) is 15.5 Å². The van der Waals surface area contributed by atoms with E-state index in [1.807, 2.05) is 0 Å². The van der Waals surface area contributed by atoms with E-state index in [4.69, 9.17) is 4.74 Å². The van der Waals surface area contributed by atoms with Crippen LogP contribution in [0.25, 0.3) is 11.8 Å². The number of carbonyl (C=O) groups excluding carboxylic acids is 1. The van der Waals surface area contributed by atoms with Crippen LogP contribution in [0, 0.1) is 0 Å². The molecule has 0 fully saturated rings. The molecule has 1 heterocycles.